The topological polar surface area (TPSA) is 107 Å². The highest BCUT2D eigenvalue weighted by Crippen LogP contribution is 2.17. The molecule has 0 fully saturated rings. The van der Waals surface area contributed by atoms with Crippen molar-refractivity contribution in [2.45, 2.75) is 26.9 Å². The first kappa shape index (κ1) is 23.9. The van der Waals surface area contributed by atoms with Gasteiger partial charge in [-0.15, -0.1) is 11.3 Å². The van der Waals surface area contributed by atoms with Gasteiger partial charge in [0, 0.05) is 11.1 Å². The van der Waals surface area contributed by atoms with Crippen LogP contribution in [0.4, 0.5) is 5.69 Å². The molecular weight excluding hydrogens is 442 g/mol. The average molecular weight is 468 g/mol. The van der Waals surface area contributed by atoms with Gasteiger partial charge in [-0.1, -0.05) is 29.8 Å². The van der Waals surface area contributed by atoms with E-state index in [-0.39, 0.29) is 25.5 Å². The zero-order chi connectivity index (χ0) is 23.6. The lowest BCUT2D eigenvalue weighted by atomic mass is 10.2. The van der Waals surface area contributed by atoms with Gasteiger partial charge in [0.25, 0.3) is 5.91 Å². The van der Waals surface area contributed by atoms with Gasteiger partial charge >= 0.3 is 5.97 Å². The number of hydrogen-bond acceptors (Lipinski definition) is 7. The Morgan fingerprint density at radius 1 is 1.06 bits per heavy atom. The van der Waals surface area contributed by atoms with E-state index in [1.165, 1.54) is 11.3 Å². The number of carbonyl (C=O) groups is 3. The second-order valence-corrected chi connectivity index (χ2v) is 8.04. The molecule has 1 heterocycles. The summed E-state index contributed by atoms with van der Waals surface area (Å²) < 4.78 is 10.6. The zero-order valence-corrected chi connectivity index (χ0v) is 19.2. The van der Waals surface area contributed by atoms with Gasteiger partial charge in [-0.2, -0.15) is 0 Å². The fraction of sp³-hybridized carbons (Fsp3) is 0.250. The van der Waals surface area contributed by atoms with E-state index >= 15 is 0 Å². The number of amides is 2. The molecule has 0 bridgehead atoms. The first-order valence-electron chi connectivity index (χ1n) is 10.4. The van der Waals surface area contributed by atoms with E-state index in [1.807, 2.05) is 38.1 Å². The second kappa shape index (κ2) is 11.8. The lowest BCUT2D eigenvalue weighted by molar-refractivity contribution is -0.143. The highest BCUT2D eigenvalue weighted by molar-refractivity contribution is 7.09. The maximum atomic E-state index is 12.3. The molecule has 2 amide bonds. The van der Waals surface area contributed by atoms with Crippen LogP contribution in [0.1, 0.15) is 33.5 Å². The van der Waals surface area contributed by atoms with Crippen LogP contribution < -0.4 is 15.4 Å². The van der Waals surface area contributed by atoms with Crippen LogP contribution in [0.25, 0.3) is 0 Å². The summed E-state index contributed by atoms with van der Waals surface area (Å²) in [4.78, 5) is 40.9. The molecule has 2 aromatic carbocycles. The molecule has 0 saturated carbocycles. The van der Waals surface area contributed by atoms with Crippen LogP contribution in [0.5, 0.6) is 5.75 Å². The summed E-state index contributed by atoms with van der Waals surface area (Å²) in [6.07, 6.45) is 0.127. The molecule has 0 saturated heterocycles. The highest BCUT2D eigenvalue weighted by Gasteiger charge is 2.14. The number of aromatic nitrogens is 1. The van der Waals surface area contributed by atoms with Gasteiger partial charge in [-0.3, -0.25) is 14.4 Å². The third kappa shape index (κ3) is 7.43. The first-order chi connectivity index (χ1) is 15.9. The predicted octanol–water partition coefficient (Wildman–Crippen LogP) is 3.50. The van der Waals surface area contributed by atoms with Crippen LogP contribution in [0, 0.1) is 6.92 Å². The predicted molar refractivity (Wildman–Crippen MR) is 125 cm³/mol. The van der Waals surface area contributed by atoms with E-state index in [0.717, 1.165) is 11.3 Å². The van der Waals surface area contributed by atoms with E-state index in [1.54, 1.807) is 29.6 Å². The molecular formula is C24H25N3O5S. The van der Waals surface area contributed by atoms with Crippen molar-refractivity contribution in [3.63, 3.8) is 0 Å². The summed E-state index contributed by atoms with van der Waals surface area (Å²) in [5, 5.41) is 7.70. The van der Waals surface area contributed by atoms with E-state index in [4.69, 9.17) is 9.47 Å². The van der Waals surface area contributed by atoms with E-state index < -0.39 is 11.9 Å². The van der Waals surface area contributed by atoms with Crippen LogP contribution in [-0.2, 0) is 27.4 Å². The summed E-state index contributed by atoms with van der Waals surface area (Å²) in [6, 6.07) is 14.3. The van der Waals surface area contributed by atoms with Gasteiger partial charge in [-0.05, 0) is 38.1 Å². The summed E-state index contributed by atoms with van der Waals surface area (Å²) in [6.45, 7) is 3.91. The van der Waals surface area contributed by atoms with Crippen molar-refractivity contribution in [1.82, 2.24) is 10.3 Å². The molecule has 0 aliphatic heterocycles. The molecule has 172 valence electrons. The normalized spacial score (nSPS) is 10.4. The number of hydrogen-bond donors (Lipinski definition) is 2. The zero-order valence-electron chi connectivity index (χ0n) is 18.4. The van der Waals surface area contributed by atoms with Crippen LogP contribution in [0.15, 0.2) is 53.9 Å². The van der Waals surface area contributed by atoms with Gasteiger partial charge in [-0.25, -0.2) is 4.98 Å². The van der Waals surface area contributed by atoms with E-state index in [2.05, 4.69) is 15.6 Å². The van der Waals surface area contributed by atoms with Gasteiger partial charge in [0.1, 0.15) is 23.9 Å². The lowest BCUT2D eigenvalue weighted by Crippen LogP contribution is -2.30. The smallest absolute Gasteiger partial charge is 0.325 e. The molecule has 0 unspecified atom stereocenters. The second-order valence-electron chi connectivity index (χ2n) is 7.10. The first-order valence-corrected chi connectivity index (χ1v) is 11.3. The Kier molecular flexibility index (Phi) is 8.54. The van der Waals surface area contributed by atoms with Crippen LogP contribution in [0.2, 0.25) is 0 Å². The van der Waals surface area contributed by atoms with Gasteiger partial charge in [0.2, 0.25) is 5.91 Å². The Bertz CT molecular complexity index is 1110. The van der Waals surface area contributed by atoms with Crippen LogP contribution in [-0.4, -0.2) is 35.9 Å². The minimum atomic E-state index is -0.594. The van der Waals surface area contributed by atoms with Gasteiger partial charge < -0.3 is 20.1 Å². The van der Waals surface area contributed by atoms with Crippen molar-refractivity contribution >= 4 is 34.8 Å². The molecule has 9 heteroatoms. The third-order valence-corrected chi connectivity index (χ3v) is 5.35. The molecule has 8 nitrogen and oxygen atoms in total. The molecule has 33 heavy (non-hydrogen) atoms. The van der Waals surface area contributed by atoms with Gasteiger partial charge in [0.15, 0.2) is 0 Å². The van der Waals surface area contributed by atoms with E-state index in [9.17, 15) is 14.4 Å². The Hall–Kier alpha value is -3.72. The number of thiazole rings is 1. The number of aryl methyl sites for hydroxylation is 1. The molecule has 0 radical (unpaired) electrons. The number of benzene rings is 2. The minimum absolute atomic E-state index is 0.0414. The van der Waals surface area contributed by atoms with E-state index in [0.29, 0.717) is 28.6 Å². The molecule has 0 aliphatic carbocycles. The Balaban J connectivity index is 1.42. The maximum Gasteiger partial charge on any atom is 0.325 e. The molecule has 0 aliphatic rings. The lowest BCUT2D eigenvalue weighted by Gasteiger charge is -2.10. The standard InChI is InChI=1S/C24H25N3O5S/c1-3-31-20-7-5-4-6-19(20)24(30)25-13-23(29)32-14-18-15-33-22(27-18)12-21(28)26-17-10-8-16(2)9-11-17/h4-11,15H,3,12-14H2,1-2H3,(H,25,30)(H,26,28). The highest BCUT2D eigenvalue weighted by atomic mass is 32.1. The summed E-state index contributed by atoms with van der Waals surface area (Å²) in [7, 11) is 0. The van der Waals surface area contributed by atoms with Crippen molar-refractivity contribution in [3.05, 3.63) is 75.7 Å². The number of carbonyl (C=O) groups excluding carboxylic acids is 3. The maximum absolute atomic E-state index is 12.3. The number of anilines is 1. The number of nitrogens with zero attached hydrogens (tertiary/aromatic N) is 1. The van der Waals surface area contributed by atoms with Crippen molar-refractivity contribution < 1.29 is 23.9 Å². The Morgan fingerprint density at radius 2 is 1.82 bits per heavy atom. The molecule has 2 N–H and O–H groups in total. The summed E-state index contributed by atoms with van der Waals surface area (Å²) >= 11 is 1.32. The molecule has 3 rings (SSSR count). The van der Waals surface area contributed by atoms with Crippen molar-refractivity contribution in [3.8, 4) is 5.75 Å². The van der Waals surface area contributed by atoms with Crippen molar-refractivity contribution in [1.29, 1.82) is 0 Å². The Morgan fingerprint density at radius 3 is 2.58 bits per heavy atom. The molecule has 0 spiro atoms. The Labute approximate surface area is 196 Å². The summed E-state index contributed by atoms with van der Waals surface area (Å²) in [5.41, 5.74) is 2.73. The van der Waals surface area contributed by atoms with Crippen molar-refractivity contribution in [2.75, 3.05) is 18.5 Å². The number of esters is 1. The SMILES string of the molecule is CCOc1ccccc1C(=O)NCC(=O)OCc1csc(CC(=O)Nc2ccc(C)cc2)n1. The largest absolute Gasteiger partial charge is 0.493 e. The molecule has 3 aromatic rings. The van der Waals surface area contributed by atoms with Gasteiger partial charge in [0.05, 0.1) is 24.3 Å². The number of nitrogens with one attached hydrogen (secondary N) is 2. The quantitative estimate of drug-likeness (QED) is 0.442. The number of para-hydroxylation sites is 1. The molecule has 1 aromatic heterocycles. The van der Waals surface area contributed by atoms with Crippen molar-refractivity contribution in [2.24, 2.45) is 0 Å². The number of ether oxygens (including phenoxy) is 2. The van der Waals surface area contributed by atoms with Crippen LogP contribution in [0.3, 0.4) is 0 Å². The monoisotopic (exact) mass is 467 g/mol. The minimum Gasteiger partial charge on any atom is -0.493 e. The van der Waals surface area contributed by atoms with Crippen LogP contribution >= 0.6 is 11.3 Å². The third-order valence-electron chi connectivity index (χ3n) is 4.45. The number of rotatable bonds is 10. The molecule has 0 atom stereocenters. The fourth-order valence-electron chi connectivity index (χ4n) is 2.86. The fourth-order valence-corrected chi connectivity index (χ4v) is 3.64. The summed E-state index contributed by atoms with van der Waals surface area (Å²) in [5.74, 6) is -0.741. The average Bonchev–Trinajstić information content (AvgIpc) is 3.25.